The molecule has 0 bridgehead atoms. The summed E-state index contributed by atoms with van der Waals surface area (Å²) >= 11 is 0. The molecule has 0 amide bonds. The lowest BCUT2D eigenvalue weighted by Crippen LogP contribution is -2.36. The molecule has 1 aromatic carbocycles. The van der Waals surface area contributed by atoms with E-state index in [0.717, 1.165) is 18.2 Å². The molecule has 2 atom stereocenters. The standard InChI is InChI=1S/C15H20FN3O/c16-11-5-6-14(12(9-11)15(17)18-20)19-8-7-10-3-1-2-4-13(10)19/h5-6,9-10,13,20H,1-4,7-8H2,(H2,17,18). The first-order valence-electron chi connectivity index (χ1n) is 7.25. The molecule has 20 heavy (non-hydrogen) atoms. The van der Waals surface area contributed by atoms with Crippen molar-refractivity contribution in [1.29, 1.82) is 0 Å². The minimum atomic E-state index is -0.366. The van der Waals surface area contributed by atoms with Crippen LogP contribution in [0.4, 0.5) is 10.1 Å². The van der Waals surface area contributed by atoms with Gasteiger partial charge in [0.15, 0.2) is 5.84 Å². The van der Waals surface area contributed by atoms with Crippen LogP contribution in [0.5, 0.6) is 0 Å². The number of anilines is 1. The summed E-state index contributed by atoms with van der Waals surface area (Å²) in [5.74, 6) is 0.336. The number of halogens is 1. The van der Waals surface area contributed by atoms with Crippen LogP contribution in [0.1, 0.15) is 37.7 Å². The maximum Gasteiger partial charge on any atom is 0.172 e. The van der Waals surface area contributed by atoms with E-state index in [1.165, 1.54) is 44.2 Å². The van der Waals surface area contributed by atoms with Gasteiger partial charge in [0.05, 0.1) is 0 Å². The largest absolute Gasteiger partial charge is 0.409 e. The molecule has 2 fully saturated rings. The van der Waals surface area contributed by atoms with E-state index in [4.69, 9.17) is 10.9 Å². The predicted octanol–water partition coefficient (Wildman–Crippen LogP) is 2.69. The molecule has 3 N–H and O–H groups in total. The molecule has 5 heteroatoms. The zero-order valence-corrected chi connectivity index (χ0v) is 11.4. The van der Waals surface area contributed by atoms with E-state index < -0.39 is 0 Å². The molecule has 0 aromatic heterocycles. The number of amidine groups is 1. The number of fused-ring (bicyclic) bond motifs is 1. The van der Waals surface area contributed by atoms with Gasteiger partial charge in [0.25, 0.3) is 0 Å². The highest BCUT2D eigenvalue weighted by Gasteiger charge is 2.36. The van der Waals surface area contributed by atoms with Crippen LogP contribution < -0.4 is 10.6 Å². The van der Waals surface area contributed by atoms with Gasteiger partial charge in [-0.05, 0) is 43.4 Å². The van der Waals surface area contributed by atoms with Gasteiger partial charge in [-0.25, -0.2) is 4.39 Å². The van der Waals surface area contributed by atoms with Crippen molar-refractivity contribution in [3.63, 3.8) is 0 Å². The van der Waals surface area contributed by atoms with E-state index in [1.54, 1.807) is 6.07 Å². The Hall–Kier alpha value is -1.78. The Bertz CT molecular complexity index is 532. The van der Waals surface area contributed by atoms with Gasteiger partial charge in [-0.3, -0.25) is 0 Å². The molecule has 1 saturated carbocycles. The Balaban J connectivity index is 1.97. The summed E-state index contributed by atoms with van der Waals surface area (Å²) in [5.41, 5.74) is 7.08. The topological polar surface area (TPSA) is 61.9 Å². The first-order chi connectivity index (χ1) is 9.70. The van der Waals surface area contributed by atoms with Crippen LogP contribution in [-0.4, -0.2) is 23.6 Å². The van der Waals surface area contributed by atoms with Crippen molar-refractivity contribution in [1.82, 2.24) is 0 Å². The average Bonchev–Trinajstić information content (AvgIpc) is 2.90. The van der Waals surface area contributed by atoms with Crippen LogP contribution in [0.25, 0.3) is 0 Å². The molecule has 0 spiro atoms. The summed E-state index contributed by atoms with van der Waals surface area (Å²) in [7, 11) is 0. The molecule has 1 saturated heterocycles. The summed E-state index contributed by atoms with van der Waals surface area (Å²) in [4.78, 5) is 2.32. The fourth-order valence-corrected chi connectivity index (χ4v) is 3.72. The van der Waals surface area contributed by atoms with Crippen molar-refractivity contribution in [3.8, 4) is 0 Å². The molecule has 3 rings (SSSR count). The van der Waals surface area contributed by atoms with Gasteiger partial charge in [0.2, 0.25) is 0 Å². The van der Waals surface area contributed by atoms with Gasteiger partial charge in [0, 0.05) is 23.8 Å². The highest BCUT2D eigenvalue weighted by molar-refractivity contribution is 6.02. The van der Waals surface area contributed by atoms with Crippen LogP contribution in [0.15, 0.2) is 23.4 Å². The summed E-state index contributed by atoms with van der Waals surface area (Å²) < 4.78 is 13.5. The maximum atomic E-state index is 13.5. The lowest BCUT2D eigenvalue weighted by atomic mass is 9.85. The molecule has 1 aromatic rings. The predicted molar refractivity (Wildman–Crippen MR) is 76.6 cm³/mol. The number of nitrogens with two attached hydrogens (primary N) is 1. The third-order valence-electron chi connectivity index (χ3n) is 4.66. The third-order valence-corrected chi connectivity index (χ3v) is 4.66. The Morgan fingerprint density at radius 1 is 1.30 bits per heavy atom. The van der Waals surface area contributed by atoms with E-state index in [9.17, 15) is 4.39 Å². The van der Waals surface area contributed by atoms with Crippen molar-refractivity contribution < 1.29 is 9.60 Å². The molecule has 0 radical (unpaired) electrons. The van der Waals surface area contributed by atoms with Gasteiger partial charge < -0.3 is 15.8 Å². The van der Waals surface area contributed by atoms with Crippen LogP contribution in [0.3, 0.4) is 0 Å². The van der Waals surface area contributed by atoms with E-state index in [2.05, 4.69) is 10.1 Å². The fourth-order valence-electron chi connectivity index (χ4n) is 3.72. The molecular weight excluding hydrogens is 257 g/mol. The summed E-state index contributed by atoms with van der Waals surface area (Å²) in [6.07, 6.45) is 6.19. The fraction of sp³-hybridized carbons (Fsp3) is 0.533. The lowest BCUT2D eigenvalue weighted by molar-refractivity contribution is 0.318. The van der Waals surface area contributed by atoms with Crippen molar-refractivity contribution in [3.05, 3.63) is 29.6 Å². The second-order valence-corrected chi connectivity index (χ2v) is 5.74. The molecule has 1 heterocycles. The maximum absolute atomic E-state index is 13.5. The van der Waals surface area contributed by atoms with Crippen molar-refractivity contribution in [2.45, 2.75) is 38.1 Å². The second kappa shape index (κ2) is 5.31. The third kappa shape index (κ3) is 2.21. The Kier molecular flexibility index (Phi) is 3.51. The monoisotopic (exact) mass is 277 g/mol. The van der Waals surface area contributed by atoms with E-state index in [1.807, 2.05) is 0 Å². The summed E-state index contributed by atoms with van der Waals surface area (Å²) in [6, 6.07) is 5.05. The van der Waals surface area contributed by atoms with Gasteiger partial charge in [0.1, 0.15) is 5.82 Å². The smallest absolute Gasteiger partial charge is 0.172 e. The molecule has 108 valence electrons. The highest BCUT2D eigenvalue weighted by atomic mass is 19.1. The average molecular weight is 277 g/mol. The highest BCUT2D eigenvalue weighted by Crippen LogP contribution is 2.39. The zero-order valence-electron chi connectivity index (χ0n) is 11.4. The Morgan fingerprint density at radius 2 is 2.10 bits per heavy atom. The van der Waals surface area contributed by atoms with Gasteiger partial charge in [-0.2, -0.15) is 0 Å². The summed E-state index contributed by atoms with van der Waals surface area (Å²) in [5, 5.41) is 11.9. The van der Waals surface area contributed by atoms with Crippen molar-refractivity contribution in [2.24, 2.45) is 16.8 Å². The lowest BCUT2D eigenvalue weighted by Gasteiger charge is -2.34. The van der Waals surface area contributed by atoms with E-state index >= 15 is 0 Å². The number of oxime groups is 1. The number of hydrogen-bond donors (Lipinski definition) is 2. The van der Waals surface area contributed by atoms with Gasteiger partial charge >= 0.3 is 0 Å². The minimum absolute atomic E-state index is 0.0289. The van der Waals surface area contributed by atoms with Crippen LogP contribution in [0.2, 0.25) is 0 Å². The minimum Gasteiger partial charge on any atom is -0.409 e. The van der Waals surface area contributed by atoms with Gasteiger partial charge in [-0.15, -0.1) is 0 Å². The second-order valence-electron chi connectivity index (χ2n) is 5.74. The van der Waals surface area contributed by atoms with Crippen LogP contribution in [0, 0.1) is 11.7 Å². The first-order valence-corrected chi connectivity index (χ1v) is 7.25. The molecule has 4 nitrogen and oxygen atoms in total. The molecule has 1 aliphatic heterocycles. The molecule has 2 unspecified atom stereocenters. The first kappa shape index (κ1) is 13.2. The number of hydrogen-bond acceptors (Lipinski definition) is 3. The normalized spacial score (nSPS) is 26.6. The van der Waals surface area contributed by atoms with Crippen LogP contribution >= 0.6 is 0 Å². The summed E-state index contributed by atoms with van der Waals surface area (Å²) in [6.45, 7) is 0.965. The zero-order chi connectivity index (χ0) is 14.1. The van der Waals surface area contributed by atoms with E-state index in [-0.39, 0.29) is 11.7 Å². The molecule has 2 aliphatic rings. The quantitative estimate of drug-likeness (QED) is 0.378. The van der Waals surface area contributed by atoms with E-state index in [0.29, 0.717) is 11.6 Å². The molecule has 1 aliphatic carbocycles. The number of benzene rings is 1. The van der Waals surface area contributed by atoms with Crippen LogP contribution in [-0.2, 0) is 0 Å². The van der Waals surface area contributed by atoms with Crippen molar-refractivity contribution in [2.75, 3.05) is 11.4 Å². The molecular formula is C15H20FN3O. The van der Waals surface area contributed by atoms with Gasteiger partial charge in [-0.1, -0.05) is 18.0 Å². The number of rotatable bonds is 2. The SMILES string of the molecule is N/C(=N/O)c1cc(F)ccc1N1CCC2CCCCC21. The number of nitrogens with zero attached hydrogens (tertiary/aromatic N) is 2. The Morgan fingerprint density at radius 3 is 2.90 bits per heavy atom. The Labute approximate surface area is 118 Å². The van der Waals surface area contributed by atoms with Crippen molar-refractivity contribution >= 4 is 11.5 Å².